The molecule has 1 aliphatic carbocycles. The van der Waals surface area contributed by atoms with Crippen molar-refractivity contribution < 1.29 is 9.53 Å². The van der Waals surface area contributed by atoms with Crippen molar-refractivity contribution in [3.05, 3.63) is 23.3 Å². The first-order valence-electron chi connectivity index (χ1n) is 5.53. The first-order valence-corrected chi connectivity index (χ1v) is 5.53. The molecule has 0 radical (unpaired) electrons. The third kappa shape index (κ3) is 3.70. The molecule has 0 saturated heterocycles. The summed E-state index contributed by atoms with van der Waals surface area (Å²) < 4.78 is 5.60. The Hall–Kier alpha value is -1.64. The van der Waals surface area contributed by atoms with Crippen molar-refractivity contribution in [1.29, 1.82) is 5.26 Å². The van der Waals surface area contributed by atoms with Crippen molar-refractivity contribution in [2.24, 2.45) is 0 Å². The minimum Gasteiger partial charge on any atom is -0.370 e. The van der Waals surface area contributed by atoms with Gasteiger partial charge in [0.05, 0.1) is 23.9 Å². The number of nitrogens with zero attached hydrogens (tertiary/aromatic N) is 1. The summed E-state index contributed by atoms with van der Waals surface area (Å²) in [6, 6.07) is 2.08. The summed E-state index contributed by atoms with van der Waals surface area (Å²) in [5.41, 5.74) is 5.99. The third-order valence-corrected chi connectivity index (χ3v) is 2.28. The minimum atomic E-state index is -0.247. The molecule has 5 nitrogen and oxygen atoms in total. The maximum atomic E-state index is 11.6. The van der Waals surface area contributed by atoms with Gasteiger partial charge in [-0.25, -0.2) is 5.43 Å². The number of nitriles is 1. The molecule has 1 unspecified atom stereocenters. The lowest BCUT2D eigenvalue weighted by Gasteiger charge is -2.22. The third-order valence-electron chi connectivity index (χ3n) is 2.28. The van der Waals surface area contributed by atoms with Crippen molar-refractivity contribution in [1.82, 2.24) is 10.9 Å². The molecule has 0 fully saturated rings. The zero-order chi connectivity index (χ0) is 12.8. The van der Waals surface area contributed by atoms with E-state index in [1.165, 1.54) is 0 Å². The molecule has 2 N–H and O–H groups in total. The van der Waals surface area contributed by atoms with Crippen LogP contribution in [-0.2, 0) is 9.53 Å². The lowest BCUT2D eigenvalue weighted by Crippen LogP contribution is -2.35. The lowest BCUT2D eigenvalue weighted by atomic mass is 9.97. The van der Waals surface area contributed by atoms with Crippen molar-refractivity contribution in [3.8, 4) is 6.07 Å². The highest BCUT2D eigenvalue weighted by molar-refractivity contribution is 5.96. The van der Waals surface area contributed by atoms with Crippen LogP contribution >= 0.6 is 0 Å². The van der Waals surface area contributed by atoms with Crippen LogP contribution in [0, 0.1) is 11.3 Å². The van der Waals surface area contributed by atoms with Crippen LogP contribution in [0.25, 0.3) is 0 Å². The van der Waals surface area contributed by atoms with Crippen molar-refractivity contribution in [2.75, 3.05) is 7.05 Å². The van der Waals surface area contributed by atoms with Crippen LogP contribution in [0.1, 0.15) is 20.3 Å². The highest BCUT2D eigenvalue weighted by atomic mass is 16.5. The Morgan fingerprint density at radius 1 is 1.65 bits per heavy atom. The lowest BCUT2D eigenvalue weighted by molar-refractivity contribution is -0.118. The van der Waals surface area contributed by atoms with Gasteiger partial charge in [0.2, 0.25) is 0 Å². The molecule has 0 heterocycles. The van der Waals surface area contributed by atoms with E-state index in [4.69, 9.17) is 10.00 Å². The fourth-order valence-corrected chi connectivity index (χ4v) is 1.59. The summed E-state index contributed by atoms with van der Waals surface area (Å²) in [5.74, 6) is -0.247. The van der Waals surface area contributed by atoms with Crippen LogP contribution in [0.5, 0.6) is 0 Å². The van der Waals surface area contributed by atoms with E-state index in [0.717, 1.165) is 0 Å². The number of hydrogen-bond acceptors (Lipinski definition) is 4. The molecule has 1 aliphatic rings. The number of ether oxygens (including phenoxy) is 1. The number of carbonyl (C=O) groups excluding carboxylic acids is 1. The molecule has 1 atom stereocenters. The molecule has 0 aromatic heterocycles. The van der Waals surface area contributed by atoms with Gasteiger partial charge in [0.1, 0.15) is 0 Å². The topological polar surface area (TPSA) is 74.2 Å². The highest BCUT2D eigenvalue weighted by Crippen LogP contribution is 2.21. The van der Waals surface area contributed by atoms with Gasteiger partial charge in [-0.3, -0.25) is 10.2 Å². The van der Waals surface area contributed by atoms with E-state index in [1.54, 1.807) is 19.2 Å². The van der Waals surface area contributed by atoms with Gasteiger partial charge in [0, 0.05) is 12.6 Å². The van der Waals surface area contributed by atoms with Gasteiger partial charge in [0.25, 0.3) is 5.91 Å². The average Bonchev–Trinajstić information content (AvgIpc) is 2.29. The number of carbonyl (C=O) groups is 1. The molecular weight excluding hydrogens is 218 g/mol. The molecule has 0 aromatic rings. The predicted octanol–water partition coefficient (Wildman–Crippen LogP) is 0.811. The fourth-order valence-electron chi connectivity index (χ4n) is 1.59. The normalized spacial score (nSPS) is 19.4. The minimum absolute atomic E-state index is 0.0536. The van der Waals surface area contributed by atoms with Crippen LogP contribution in [-0.4, -0.2) is 25.2 Å². The van der Waals surface area contributed by atoms with E-state index in [9.17, 15) is 4.79 Å². The van der Waals surface area contributed by atoms with Gasteiger partial charge < -0.3 is 4.74 Å². The maximum Gasteiger partial charge on any atom is 0.265 e. The van der Waals surface area contributed by atoms with E-state index in [1.807, 2.05) is 13.8 Å². The number of amides is 1. The Morgan fingerprint density at radius 2 is 2.35 bits per heavy atom. The van der Waals surface area contributed by atoms with Gasteiger partial charge in [-0.05, 0) is 26.3 Å². The fraction of sp³-hybridized carbons (Fsp3) is 0.500. The standard InChI is InChI=1S/C12H17N3O2/c1-8(2)17-11-5-4-9(6-10(11)7-13)12(16)15-14-3/h4,6,8,11,14H,5H2,1-3H3,(H,15,16). The van der Waals surface area contributed by atoms with E-state index >= 15 is 0 Å². The summed E-state index contributed by atoms with van der Waals surface area (Å²) in [6.07, 6.45) is 3.71. The molecule has 1 rings (SSSR count). The smallest absolute Gasteiger partial charge is 0.265 e. The Labute approximate surface area is 101 Å². The molecule has 1 amide bonds. The predicted molar refractivity (Wildman–Crippen MR) is 63.6 cm³/mol. The van der Waals surface area contributed by atoms with Gasteiger partial charge >= 0.3 is 0 Å². The molecule has 0 saturated carbocycles. The molecular formula is C12H17N3O2. The second-order valence-corrected chi connectivity index (χ2v) is 3.98. The van der Waals surface area contributed by atoms with Gasteiger partial charge in [-0.2, -0.15) is 5.26 Å². The van der Waals surface area contributed by atoms with Crippen LogP contribution < -0.4 is 10.9 Å². The number of hydrazine groups is 1. The molecule has 0 aromatic carbocycles. The summed E-state index contributed by atoms with van der Waals surface area (Å²) in [5, 5.41) is 9.03. The zero-order valence-corrected chi connectivity index (χ0v) is 10.3. The monoisotopic (exact) mass is 235 g/mol. The van der Waals surface area contributed by atoms with Gasteiger partial charge in [-0.1, -0.05) is 6.08 Å². The van der Waals surface area contributed by atoms with Crippen molar-refractivity contribution >= 4 is 5.91 Å². The van der Waals surface area contributed by atoms with Crippen LogP contribution in [0.3, 0.4) is 0 Å². The molecule has 0 spiro atoms. The first kappa shape index (κ1) is 13.4. The second-order valence-electron chi connectivity index (χ2n) is 3.98. The number of rotatable bonds is 4. The van der Waals surface area contributed by atoms with E-state index in [0.29, 0.717) is 17.6 Å². The second kappa shape index (κ2) is 6.18. The number of hydrogen-bond donors (Lipinski definition) is 2. The molecule has 0 bridgehead atoms. The van der Waals surface area contributed by atoms with Crippen LogP contribution in [0.2, 0.25) is 0 Å². The zero-order valence-electron chi connectivity index (χ0n) is 10.3. The molecule has 92 valence electrons. The summed E-state index contributed by atoms with van der Waals surface area (Å²) in [6.45, 7) is 3.84. The Balaban J connectivity index is 2.78. The van der Waals surface area contributed by atoms with E-state index in [2.05, 4.69) is 16.9 Å². The largest absolute Gasteiger partial charge is 0.370 e. The molecule has 0 aliphatic heterocycles. The highest BCUT2D eigenvalue weighted by Gasteiger charge is 2.22. The molecule has 5 heteroatoms. The Bertz CT molecular complexity index is 391. The Morgan fingerprint density at radius 3 is 2.88 bits per heavy atom. The van der Waals surface area contributed by atoms with Gasteiger partial charge in [0.15, 0.2) is 0 Å². The van der Waals surface area contributed by atoms with Gasteiger partial charge in [-0.15, -0.1) is 0 Å². The Kier molecular flexibility index (Phi) is 4.88. The summed E-state index contributed by atoms with van der Waals surface area (Å²) in [7, 11) is 1.61. The molecule has 17 heavy (non-hydrogen) atoms. The average molecular weight is 235 g/mol. The number of nitrogens with one attached hydrogen (secondary N) is 2. The van der Waals surface area contributed by atoms with E-state index < -0.39 is 0 Å². The summed E-state index contributed by atoms with van der Waals surface area (Å²) in [4.78, 5) is 11.6. The van der Waals surface area contributed by atoms with Crippen molar-refractivity contribution in [3.63, 3.8) is 0 Å². The van der Waals surface area contributed by atoms with E-state index in [-0.39, 0.29) is 18.1 Å². The van der Waals surface area contributed by atoms with Crippen LogP contribution in [0.15, 0.2) is 23.3 Å². The summed E-state index contributed by atoms with van der Waals surface area (Å²) >= 11 is 0. The van der Waals surface area contributed by atoms with Crippen LogP contribution in [0.4, 0.5) is 0 Å². The van der Waals surface area contributed by atoms with Crippen molar-refractivity contribution in [2.45, 2.75) is 32.5 Å². The quantitative estimate of drug-likeness (QED) is 0.707. The SMILES string of the molecule is CNNC(=O)C1=CCC(OC(C)C)C(C#N)=C1. The maximum absolute atomic E-state index is 11.6. The first-order chi connectivity index (χ1) is 8.08.